The molecule has 0 atom stereocenters. The summed E-state index contributed by atoms with van der Waals surface area (Å²) in [6, 6.07) is 3.99. The number of hydrogen-bond acceptors (Lipinski definition) is 4. The highest BCUT2D eigenvalue weighted by Gasteiger charge is 2.19. The van der Waals surface area contributed by atoms with E-state index in [4.69, 9.17) is 0 Å². The third-order valence-corrected chi connectivity index (χ3v) is 4.10. The van der Waals surface area contributed by atoms with Gasteiger partial charge in [-0.3, -0.25) is 14.5 Å². The molecule has 0 spiro atoms. The van der Waals surface area contributed by atoms with Crippen LogP contribution in [0, 0.1) is 0 Å². The zero-order valence-electron chi connectivity index (χ0n) is 11.1. The second kappa shape index (κ2) is 6.68. The fourth-order valence-corrected chi connectivity index (χ4v) is 2.72. The highest BCUT2D eigenvalue weighted by atomic mass is 32.1. The van der Waals surface area contributed by atoms with E-state index in [1.807, 2.05) is 22.4 Å². The fourth-order valence-electron chi connectivity index (χ4n) is 2.08. The first-order valence-electron chi connectivity index (χ1n) is 6.42. The van der Waals surface area contributed by atoms with Crippen molar-refractivity contribution in [1.29, 1.82) is 0 Å². The highest BCUT2D eigenvalue weighted by Crippen LogP contribution is 2.07. The van der Waals surface area contributed by atoms with E-state index in [0.29, 0.717) is 26.2 Å². The predicted molar refractivity (Wildman–Crippen MR) is 74.9 cm³/mol. The molecule has 1 aliphatic rings. The Kier molecular flexibility index (Phi) is 4.93. The average molecular weight is 281 g/mol. The van der Waals surface area contributed by atoms with Crippen LogP contribution >= 0.6 is 11.3 Å². The monoisotopic (exact) mass is 281 g/mol. The molecule has 2 rings (SSSR count). The van der Waals surface area contributed by atoms with E-state index in [1.54, 1.807) is 18.3 Å². The molecule has 1 aromatic heterocycles. The second-order valence-electron chi connectivity index (χ2n) is 4.64. The zero-order chi connectivity index (χ0) is 13.7. The SMILES string of the molecule is CC(=O)N1CCN(CC(=O)NCc2cccs2)CC1. The Morgan fingerprint density at radius 2 is 2.05 bits per heavy atom. The number of carbonyl (C=O) groups excluding carboxylic acids is 2. The van der Waals surface area contributed by atoms with Gasteiger partial charge in [-0.15, -0.1) is 11.3 Å². The summed E-state index contributed by atoms with van der Waals surface area (Å²) in [6.07, 6.45) is 0. The minimum Gasteiger partial charge on any atom is -0.350 e. The maximum atomic E-state index is 11.8. The molecule has 2 heterocycles. The summed E-state index contributed by atoms with van der Waals surface area (Å²) in [4.78, 5) is 28.1. The van der Waals surface area contributed by atoms with Crippen molar-refractivity contribution in [2.45, 2.75) is 13.5 Å². The minimum absolute atomic E-state index is 0.0460. The Labute approximate surface area is 117 Å². The molecular weight excluding hydrogens is 262 g/mol. The summed E-state index contributed by atoms with van der Waals surface area (Å²) in [7, 11) is 0. The van der Waals surface area contributed by atoms with Crippen molar-refractivity contribution in [1.82, 2.24) is 15.1 Å². The molecule has 0 saturated carbocycles. The van der Waals surface area contributed by atoms with Crippen LogP contribution in [0.4, 0.5) is 0 Å². The van der Waals surface area contributed by atoms with Gasteiger partial charge in [0.2, 0.25) is 11.8 Å². The standard InChI is InChI=1S/C13H19N3O2S/c1-11(17)16-6-4-15(5-7-16)10-13(18)14-9-12-3-2-8-19-12/h2-3,8H,4-7,9-10H2,1H3,(H,14,18). The number of nitrogens with one attached hydrogen (secondary N) is 1. The average Bonchev–Trinajstić information content (AvgIpc) is 2.90. The summed E-state index contributed by atoms with van der Waals surface area (Å²) < 4.78 is 0. The molecule has 0 radical (unpaired) electrons. The molecule has 104 valence electrons. The number of thiophene rings is 1. The van der Waals surface area contributed by atoms with Crippen molar-refractivity contribution in [2.24, 2.45) is 0 Å². The first-order valence-corrected chi connectivity index (χ1v) is 7.30. The van der Waals surface area contributed by atoms with Crippen LogP contribution in [-0.4, -0.2) is 54.3 Å². The van der Waals surface area contributed by atoms with Crippen LogP contribution in [-0.2, 0) is 16.1 Å². The summed E-state index contributed by atoms with van der Waals surface area (Å²) in [5.74, 6) is 0.159. The summed E-state index contributed by atoms with van der Waals surface area (Å²) in [5, 5.41) is 4.92. The van der Waals surface area contributed by atoms with Crippen LogP contribution in [0.3, 0.4) is 0 Å². The third kappa shape index (κ3) is 4.33. The number of piperazine rings is 1. The molecule has 19 heavy (non-hydrogen) atoms. The lowest BCUT2D eigenvalue weighted by Gasteiger charge is -2.33. The molecule has 2 amide bonds. The number of rotatable bonds is 4. The maximum absolute atomic E-state index is 11.8. The summed E-state index contributed by atoms with van der Waals surface area (Å²) in [6.45, 7) is 5.57. The molecule has 1 saturated heterocycles. The predicted octanol–water partition coefficient (Wildman–Crippen LogP) is 0.528. The van der Waals surface area contributed by atoms with Gasteiger partial charge in [0.05, 0.1) is 13.1 Å². The Hall–Kier alpha value is -1.40. The lowest BCUT2D eigenvalue weighted by molar-refractivity contribution is -0.131. The van der Waals surface area contributed by atoms with Crippen molar-refractivity contribution < 1.29 is 9.59 Å². The molecule has 0 unspecified atom stereocenters. The molecule has 6 heteroatoms. The van der Waals surface area contributed by atoms with E-state index in [0.717, 1.165) is 18.0 Å². The Balaban J connectivity index is 1.67. The second-order valence-corrected chi connectivity index (χ2v) is 5.67. The van der Waals surface area contributed by atoms with Crippen molar-refractivity contribution >= 4 is 23.2 Å². The van der Waals surface area contributed by atoms with E-state index in [1.165, 1.54) is 0 Å². The molecular formula is C13H19N3O2S. The molecule has 0 aromatic carbocycles. The molecule has 1 aromatic rings. The van der Waals surface area contributed by atoms with Gasteiger partial charge in [0.15, 0.2) is 0 Å². The fraction of sp³-hybridized carbons (Fsp3) is 0.538. The van der Waals surface area contributed by atoms with E-state index in [-0.39, 0.29) is 11.8 Å². The van der Waals surface area contributed by atoms with Crippen LogP contribution < -0.4 is 5.32 Å². The molecule has 0 aliphatic carbocycles. The van der Waals surface area contributed by atoms with Gasteiger partial charge in [-0.25, -0.2) is 0 Å². The van der Waals surface area contributed by atoms with Gasteiger partial charge in [-0.2, -0.15) is 0 Å². The largest absolute Gasteiger partial charge is 0.350 e. The van der Waals surface area contributed by atoms with Crippen molar-refractivity contribution in [3.05, 3.63) is 22.4 Å². The van der Waals surface area contributed by atoms with Gasteiger partial charge in [0.1, 0.15) is 0 Å². The molecule has 5 nitrogen and oxygen atoms in total. The molecule has 1 aliphatic heterocycles. The minimum atomic E-state index is 0.0460. The Bertz CT molecular complexity index is 425. The number of nitrogens with zero attached hydrogens (tertiary/aromatic N) is 2. The van der Waals surface area contributed by atoms with Crippen molar-refractivity contribution in [2.75, 3.05) is 32.7 Å². The van der Waals surface area contributed by atoms with Crippen LogP contribution in [0.2, 0.25) is 0 Å². The van der Waals surface area contributed by atoms with Gasteiger partial charge in [-0.05, 0) is 11.4 Å². The lowest BCUT2D eigenvalue weighted by Crippen LogP contribution is -2.50. The van der Waals surface area contributed by atoms with Crippen LogP contribution in [0.1, 0.15) is 11.8 Å². The summed E-state index contributed by atoms with van der Waals surface area (Å²) in [5.41, 5.74) is 0. The number of hydrogen-bond donors (Lipinski definition) is 1. The summed E-state index contributed by atoms with van der Waals surface area (Å²) >= 11 is 1.64. The van der Waals surface area contributed by atoms with Gasteiger partial charge < -0.3 is 10.2 Å². The smallest absolute Gasteiger partial charge is 0.234 e. The van der Waals surface area contributed by atoms with Gasteiger partial charge >= 0.3 is 0 Å². The van der Waals surface area contributed by atoms with E-state index >= 15 is 0 Å². The van der Waals surface area contributed by atoms with E-state index in [9.17, 15) is 9.59 Å². The first kappa shape index (κ1) is 14.0. The van der Waals surface area contributed by atoms with Crippen molar-refractivity contribution in [3.63, 3.8) is 0 Å². The zero-order valence-corrected chi connectivity index (χ0v) is 11.9. The highest BCUT2D eigenvalue weighted by molar-refractivity contribution is 7.09. The molecule has 1 N–H and O–H groups in total. The molecule has 1 fully saturated rings. The molecule has 0 bridgehead atoms. The Morgan fingerprint density at radius 1 is 1.32 bits per heavy atom. The third-order valence-electron chi connectivity index (χ3n) is 3.22. The van der Waals surface area contributed by atoms with Crippen LogP contribution in [0.15, 0.2) is 17.5 Å². The topological polar surface area (TPSA) is 52.7 Å². The van der Waals surface area contributed by atoms with E-state index < -0.39 is 0 Å². The number of amides is 2. The van der Waals surface area contributed by atoms with Crippen LogP contribution in [0.5, 0.6) is 0 Å². The van der Waals surface area contributed by atoms with Crippen LogP contribution in [0.25, 0.3) is 0 Å². The maximum Gasteiger partial charge on any atom is 0.234 e. The van der Waals surface area contributed by atoms with E-state index in [2.05, 4.69) is 10.2 Å². The Morgan fingerprint density at radius 3 is 2.63 bits per heavy atom. The number of carbonyl (C=O) groups is 2. The normalized spacial score (nSPS) is 16.4. The van der Waals surface area contributed by atoms with Gasteiger partial charge in [-0.1, -0.05) is 6.07 Å². The van der Waals surface area contributed by atoms with Gasteiger partial charge in [0, 0.05) is 38.0 Å². The first-order chi connectivity index (χ1) is 9.15. The lowest BCUT2D eigenvalue weighted by atomic mass is 10.3. The van der Waals surface area contributed by atoms with Gasteiger partial charge in [0.25, 0.3) is 0 Å². The van der Waals surface area contributed by atoms with Crippen molar-refractivity contribution in [3.8, 4) is 0 Å². The quantitative estimate of drug-likeness (QED) is 0.876.